The van der Waals surface area contributed by atoms with Gasteiger partial charge in [0, 0.05) is 18.3 Å². The predicted molar refractivity (Wildman–Crippen MR) is 98.7 cm³/mol. The van der Waals surface area contributed by atoms with Crippen LogP contribution in [0.1, 0.15) is 31.0 Å². The van der Waals surface area contributed by atoms with E-state index in [1.54, 1.807) is 29.0 Å². The molecule has 3 aromatic rings. The summed E-state index contributed by atoms with van der Waals surface area (Å²) in [6, 6.07) is 14.5. The van der Waals surface area contributed by atoms with Crippen molar-refractivity contribution >= 4 is 10.0 Å². The van der Waals surface area contributed by atoms with Crippen LogP contribution in [-0.2, 0) is 10.0 Å². The van der Waals surface area contributed by atoms with E-state index in [1.165, 1.54) is 0 Å². The quantitative estimate of drug-likeness (QED) is 0.766. The van der Waals surface area contributed by atoms with Gasteiger partial charge < -0.3 is 4.98 Å². The van der Waals surface area contributed by atoms with Crippen molar-refractivity contribution in [2.75, 3.05) is 6.54 Å². The third kappa shape index (κ3) is 3.15. The number of aromatic nitrogens is 3. The lowest BCUT2D eigenvalue weighted by Crippen LogP contribution is -2.39. The summed E-state index contributed by atoms with van der Waals surface area (Å²) < 4.78 is 28.2. The lowest BCUT2D eigenvalue weighted by atomic mass is 10.0. The van der Waals surface area contributed by atoms with Gasteiger partial charge in [-0.3, -0.25) is 0 Å². The standard InChI is InChI=1S/C19H20N4O2S/c24-26(25,23-12-5-4-10-18(23)17-13-20-14-21-17)19-11-6-9-16(22-19)15-7-2-1-3-8-15/h1-3,6-9,11,13-14,18H,4-5,10,12H2,(H,20,21). The van der Waals surface area contributed by atoms with Gasteiger partial charge in [0.1, 0.15) is 0 Å². The average molecular weight is 368 g/mol. The van der Waals surface area contributed by atoms with E-state index in [2.05, 4.69) is 15.0 Å². The van der Waals surface area contributed by atoms with Gasteiger partial charge in [-0.15, -0.1) is 0 Å². The molecule has 1 N–H and O–H groups in total. The highest BCUT2D eigenvalue weighted by atomic mass is 32.2. The smallest absolute Gasteiger partial charge is 0.261 e. The Morgan fingerprint density at radius 3 is 2.65 bits per heavy atom. The van der Waals surface area contributed by atoms with Gasteiger partial charge in [0.15, 0.2) is 5.03 Å². The first-order valence-corrected chi connectivity index (χ1v) is 10.1. The maximum absolute atomic E-state index is 13.3. The van der Waals surface area contributed by atoms with Crippen molar-refractivity contribution in [3.63, 3.8) is 0 Å². The number of imidazole rings is 1. The molecule has 0 spiro atoms. The number of rotatable bonds is 4. The molecule has 0 amide bonds. The fourth-order valence-electron chi connectivity index (χ4n) is 3.40. The van der Waals surface area contributed by atoms with Crippen molar-refractivity contribution in [1.29, 1.82) is 0 Å². The number of hydrogen-bond donors (Lipinski definition) is 1. The van der Waals surface area contributed by atoms with Crippen LogP contribution in [0.3, 0.4) is 0 Å². The SMILES string of the molecule is O=S(=O)(c1cccc(-c2ccccc2)n1)N1CCCCC1c1cnc[nH]1. The van der Waals surface area contributed by atoms with E-state index in [1.807, 2.05) is 36.4 Å². The van der Waals surface area contributed by atoms with E-state index in [4.69, 9.17) is 0 Å². The molecule has 0 saturated carbocycles. The molecule has 1 aliphatic rings. The highest BCUT2D eigenvalue weighted by molar-refractivity contribution is 7.89. The number of H-pyrrole nitrogens is 1. The fraction of sp³-hybridized carbons (Fsp3) is 0.263. The Labute approximate surface area is 153 Å². The highest BCUT2D eigenvalue weighted by Crippen LogP contribution is 2.34. The Bertz CT molecular complexity index is 972. The van der Waals surface area contributed by atoms with Crippen LogP contribution in [0.2, 0.25) is 0 Å². The van der Waals surface area contributed by atoms with Crippen LogP contribution in [0.15, 0.2) is 66.1 Å². The second-order valence-electron chi connectivity index (χ2n) is 6.36. The number of nitrogens with zero attached hydrogens (tertiary/aromatic N) is 3. The molecule has 1 atom stereocenters. The number of pyridine rings is 1. The number of piperidine rings is 1. The van der Waals surface area contributed by atoms with Crippen LogP contribution in [0.25, 0.3) is 11.3 Å². The normalized spacial score (nSPS) is 18.7. The molecule has 1 fully saturated rings. The summed E-state index contributed by atoms with van der Waals surface area (Å²) in [5.74, 6) is 0. The zero-order valence-electron chi connectivity index (χ0n) is 14.2. The number of nitrogens with one attached hydrogen (secondary N) is 1. The topological polar surface area (TPSA) is 79.0 Å². The summed E-state index contributed by atoms with van der Waals surface area (Å²) >= 11 is 0. The van der Waals surface area contributed by atoms with Crippen molar-refractivity contribution in [2.24, 2.45) is 0 Å². The molecule has 7 heteroatoms. The second kappa shape index (κ2) is 7.01. The number of hydrogen-bond acceptors (Lipinski definition) is 4. The van der Waals surface area contributed by atoms with Crippen molar-refractivity contribution in [1.82, 2.24) is 19.3 Å². The van der Waals surface area contributed by atoms with E-state index in [0.717, 1.165) is 30.5 Å². The minimum absolute atomic E-state index is 0.0882. The van der Waals surface area contributed by atoms with Crippen LogP contribution in [0.4, 0.5) is 0 Å². The van der Waals surface area contributed by atoms with Gasteiger partial charge in [-0.1, -0.05) is 42.8 Å². The number of benzene rings is 1. The van der Waals surface area contributed by atoms with Gasteiger partial charge >= 0.3 is 0 Å². The molecule has 4 rings (SSSR count). The maximum Gasteiger partial charge on any atom is 0.261 e. The summed E-state index contributed by atoms with van der Waals surface area (Å²) in [7, 11) is -3.69. The average Bonchev–Trinajstić information content (AvgIpc) is 3.23. The van der Waals surface area contributed by atoms with Crippen LogP contribution >= 0.6 is 0 Å². The molecule has 1 saturated heterocycles. The molecule has 1 aromatic carbocycles. The molecule has 3 heterocycles. The van der Waals surface area contributed by atoms with Gasteiger partial charge in [-0.2, -0.15) is 4.31 Å². The van der Waals surface area contributed by atoms with Gasteiger partial charge in [-0.25, -0.2) is 18.4 Å². The zero-order chi connectivity index (χ0) is 18.0. The van der Waals surface area contributed by atoms with E-state index in [9.17, 15) is 8.42 Å². The lowest BCUT2D eigenvalue weighted by molar-refractivity contribution is 0.251. The first-order chi connectivity index (χ1) is 12.7. The lowest BCUT2D eigenvalue weighted by Gasteiger charge is -2.33. The van der Waals surface area contributed by atoms with Crippen molar-refractivity contribution in [2.45, 2.75) is 30.3 Å². The first-order valence-electron chi connectivity index (χ1n) is 8.69. The molecule has 134 valence electrons. The van der Waals surface area contributed by atoms with Crippen molar-refractivity contribution in [3.8, 4) is 11.3 Å². The maximum atomic E-state index is 13.3. The van der Waals surface area contributed by atoms with Crippen molar-refractivity contribution < 1.29 is 8.42 Å². The Kier molecular flexibility index (Phi) is 4.57. The minimum atomic E-state index is -3.69. The molecule has 2 aromatic heterocycles. The molecular formula is C19H20N4O2S. The summed E-state index contributed by atoms with van der Waals surface area (Å²) in [6.07, 6.45) is 5.91. The highest BCUT2D eigenvalue weighted by Gasteiger charge is 2.36. The molecule has 1 unspecified atom stereocenters. The van der Waals surface area contributed by atoms with Gasteiger partial charge in [0.25, 0.3) is 10.0 Å². The number of sulfonamides is 1. The Morgan fingerprint density at radius 2 is 1.88 bits per heavy atom. The van der Waals surface area contributed by atoms with E-state index < -0.39 is 10.0 Å². The third-order valence-corrected chi connectivity index (χ3v) is 6.51. The molecule has 1 aliphatic heterocycles. The molecular weight excluding hydrogens is 348 g/mol. The summed E-state index contributed by atoms with van der Waals surface area (Å²) in [6.45, 7) is 0.489. The molecule has 26 heavy (non-hydrogen) atoms. The fourth-order valence-corrected chi connectivity index (χ4v) is 5.03. The zero-order valence-corrected chi connectivity index (χ0v) is 15.1. The van der Waals surface area contributed by atoms with Gasteiger partial charge in [0.05, 0.1) is 23.8 Å². The Balaban J connectivity index is 1.72. The van der Waals surface area contributed by atoms with Crippen LogP contribution in [-0.4, -0.2) is 34.2 Å². The molecule has 0 aliphatic carbocycles. The van der Waals surface area contributed by atoms with E-state index in [-0.39, 0.29) is 11.1 Å². The number of aromatic amines is 1. The Hall–Kier alpha value is -2.51. The summed E-state index contributed by atoms with van der Waals surface area (Å²) in [4.78, 5) is 11.6. The second-order valence-corrected chi connectivity index (χ2v) is 8.20. The molecule has 0 bridgehead atoms. The molecule has 6 nitrogen and oxygen atoms in total. The minimum Gasteiger partial charge on any atom is -0.347 e. The Morgan fingerprint density at radius 1 is 1.04 bits per heavy atom. The third-order valence-electron chi connectivity index (χ3n) is 4.70. The van der Waals surface area contributed by atoms with Crippen LogP contribution in [0.5, 0.6) is 0 Å². The summed E-state index contributed by atoms with van der Waals surface area (Å²) in [5.41, 5.74) is 2.38. The van der Waals surface area contributed by atoms with E-state index in [0.29, 0.717) is 12.2 Å². The van der Waals surface area contributed by atoms with Gasteiger partial charge in [-0.05, 0) is 25.0 Å². The first kappa shape index (κ1) is 16.9. The molecule has 0 radical (unpaired) electrons. The largest absolute Gasteiger partial charge is 0.347 e. The van der Waals surface area contributed by atoms with E-state index >= 15 is 0 Å². The van der Waals surface area contributed by atoms with Crippen LogP contribution < -0.4 is 0 Å². The van der Waals surface area contributed by atoms with Crippen LogP contribution in [0, 0.1) is 0 Å². The van der Waals surface area contributed by atoms with Gasteiger partial charge in [0.2, 0.25) is 0 Å². The predicted octanol–water partition coefficient (Wildman–Crippen LogP) is 3.39. The summed E-state index contributed by atoms with van der Waals surface area (Å²) in [5, 5.41) is 0.0882. The monoisotopic (exact) mass is 368 g/mol. The van der Waals surface area contributed by atoms with Crippen molar-refractivity contribution in [3.05, 3.63) is 66.7 Å².